The van der Waals surface area contributed by atoms with Gasteiger partial charge in [-0.25, -0.2) is 13.6 Å². The Bertz CT molecular complexity index is 493. The molecule has 0 heterocycles. The number of anilines is 1. The van der Waals surface area contributed by atoms with Gasteiger partial charge in [-0.15, -0.1) is 0 Å². The summed E-state index contributed by atoms with van der Waals surface area (Å²) < 4.78 is 22.7. The van der Waals surface area contributed by atoms with Gasteiger partial charge in [0.25, 0.3) is 0 Å². The number of hydrogen-bond donors (Lipinski definition) is 2. The molecular formula is C11H16N2O2S. The van der Waals surface area contributed by atoms with Crippen LogP contribution in [0.15, 0.2) is 23.1 Å². The monoisotopic (exact) mass is 240 g/mol. The molecule has 0 spiro atoms. The lowest BCUT2D eigenvalue weighted by atomic mass is 9.92. The second-order valence-corrected chi connectivity index (χ2v) is 5.78. The van der Waals surface area contributed by atoms with Crippen LogP contribution in [0.5, 0.6) is 0 Å². The summed E-state index contributed by atoms with van der Waals surface area (Å²) in [6.07, 6.45) is 3.55. The van der Waals surface area contributed by atoms with Crippen molar-refractivity contribution >= 4 is 15.7 Å². The van der Waals surface area contributed by atoms with Gasteiger partial charge in [-0.2, -0.15) is 0 Å². The van der Waals surface area contributed by atoms with Crippen LogP contribution in [0.2, 0.25) is 0 Å². The standard InChI is InChI=1S/C11H16N2O2S/c1-8-10(13-9-4-2-5-9)6-3-7-11(8)16(12,14)15/h3,6-7,9,13H,2,4-5H2,1H3,(H2,12,14,15). The first-order valence-electron chi connectivity index (χ1n) is 5.37. The molecule has 4 nitrogen and oxygen atoms in total. The van der Waals surface area contributed by atoms with E-state index in [1.165, 1.54) is 12.5 Å². The Morgan fingerprint density at radius 3 is 2.56 bits per heavy atom. The normalized spacial score (nSPS) is 16.9. The molecule has 2 rings (SSSR count). The predicted octanol–water partition coefficient (Wildman–Crippen LogP) is 1.61. The van der Waals surface area contributed by atoms with Crippen molar-refractivity contribution in [2.24, 2.45) is 5.14 Å². The van der Waals surface area contributed by atoms with E-state index >= 15 is 0 Å². The molecule has 88 valence electrons. The minimum absolute atomic E-state index is 0.205. The van der Waals surface area contributed by atoms with Crippen LogP contribution < -0.4 is 10.5 Å². The highest BCUT2D eigenvalue weighted by Crippen LogP contribution is 2.27. The number of hydrogen-bond acceptors (Lipinski definition) is 3. The molecule has 0 atom stereocenters. The summed E-state index contributed by atoms with van der Waals surface area (Å²) in [5.74, 6) is 0. The molecule has 1 aliphatic rings. The van der Waals surface area contributed by atoms with E-state index in [1.807, 2.05) is 6.07 Å². The van der Waals surface area contributed by atoms with Gasteiger partial charge >= 0.3 is 0 Å². The summed E-state index contributed by atoms with van der Waals surface area (Å²) >= 11 is 0. The minimum atomic E-state index is -3.62. The smallest absolute Gasteiger partial charge is 0.238 e. The number of rotatable bonds is 3. The third-order valence-corrected chi connectivity index (χ3v) is 4.11. The summed E-state index contributed by atoms with van der Waals surface area (Å²) in [6, 6.07) is 5.63. The second kappa shape index (κ2) is 4.07. The van der Waals surface area contributed by atoms with E-state index in [0.717, 1.165) is 18.5 Å². The highest BCUT2D eigenvalue weighted by molar-refractivity contribution is 7.89. The van der Waals surface area contributed by atoms with E-state index in [4.69, 9.17) is 5.14 Å². The lowest BCUT2D eigenvalue weighted by Crippen LogP contribution is -2.27. The van der Waals surface area contributed by atoms with Crippen molar-refractivity contribution in [3.8, 4) is 0 Å². The predicted molar refractivity (Wildman–Crippen MR) is 63.8 cm³/mol. The summed E-state index contributed by atoms with van der Waals surface area (Å²) in [6.45, 7) is 1.78. The van der Waals surface area contributed by atoms with Crippen LogP contribution >= 0.6 is 0 Å². The fourth-order valence-corrected chi connectivity index (χ4v) is 2.66. The van der Waals surface area contributed by atoms with Gasteiger partial charge < -0.3 is 5.32 Å². The molecule has 1 aromatic carbocycles. The van der Waals surface area contributed by atoms with Crippen molar-refractivity contribution in [1.82, 2.24) is 0 Å². The lowest BCUT2D eigenvalue weighted by Gasteiger charge is -2.28. The van der Waals surface area contributed by atoms with Crippen molar-refractivity contribution in [1.29, 1.82) is 0 Å². The first-order chi connectivity index (χ1) is 7.48. The molecule has 1 aromatic rings. The first kappa shape index (κ1) is 11.4. The molecule has 16 heavy (non-hydrogen) atoms. The minimum Gasteiger partial charge on any atom is -0.382 e. The summed E-state index contributed by atoms with van der Waals surface area (Å²) in [5.41, 5.74) is 1.58. The molecule has 0 amide bonds. The Hall–Kier alpha value is -1.07. The van der Waals surface area contributed by atoms with Crippen LogP contribution in [0.1, 0.15) is 24.8 Å². The zero-order chi connectivity index (χ0) is 11.8. The molecule has 0 aliphatic heterocycles. The van der Waals surface area contributed by atoms with E-state index in [1.54, 1.807) is 13.0 Å². The van der Waals surface area contributed by atoms with Gasteiger partial charge in [-0.05, 0) is 43.9 Å². The maximum atomic E-state index is 11.3. The quantitative estimate of drug-likeness (QED) is 0.843. The number of nitrogens with one attached hydrogen (secondary N) is 1. The number of sulfonamides is 1. The number of primary sulfonamides is 1. The van der Waals surface area contributed by atoms with Gasteiger partial charge in [0.1, 0.15) is 0 Å². The Morgan fingerprint density at radius 1 is 1.38 bits per heavy atom. The van der Waals surface area contributed by atoms with E-state index < -0.39 is 10.0 Å². The molecule has 1 saturated carbocycles. The van der Waals surface area contributed by atoms with Crippen LogP contribution in [-0.2, 0) is 10.0 Å². The third kappa shape index (κ3) is 2.20. The van der Waals surface area contributed by atoms with Crippen LogP contribution in [-0.4, -0.2) is 14.5 Å². The fraction of sp³-hybridized carbons (Fsp3) is 0.455. The molecule has 3 N–H and O–H groups in total. The average Bonchev–Trinajstić information content (AvgIpc) is 2.11. The van der Waals surface area contributed by atoms with E-state index in [9.17, 15) is 8.42 Å². The maximum absolute atomic E-state index is 11.3. The van der Waals surface area contributed by atoms with Gasteiger partial charge in [0, 0.05) is 11.7 Å². The SMILES string of the molecule is Cc1c(NC2CCC2)cccc1S(N)(=O)=O. The largest absolute Gasteiger partial charge is 0.382 e. The molecule has 0 bridgehead atoms. The molecule has 0 aromatic heterocycles. The third-order valence-electron chi connectivity index (χ3n) is 3.06. The van der Waals surface area contributed by atoms with Crippen LogP contribution in [0, 0.1) is 6.92 Å². The molecule has 0 radical (unpaired) electrons. The topological polar surface area (TPSA) is 72.2 Å². The van der Waals surface area contributed by atoms with Crippen molar-refractivity contribution in [3.63, 3.8) is 0 Å². The molecule has 5 heteroatoms. The first-order valence-corrected chi connectivity index (χ1v) is 6.92. The zero-order valence-corrected chi connectivity index (χ0v) is 10.0. The van der Waals surface area contributed by atoms with Crippen molar-refractivity contribution in [3.05, 3.63) is 23.8 Å². The summed E-state index contributed by atoms with van der Waals surface area (Å²) in [7, 11) is -3.62. The van der Waals surface area contributed by atoms with E-state index in [2.05, 4.69) is 5.32 Å². The van der Waals surface area contributed by atoms with Gasteiger partial charge in [0.15, 0.2) is 0 Å². The fourth-order valence-electron chi connectivity index (χ4n) is 1.85. The average molecular weight is 240 g/mol. The van der Waals surface area contributed by atoms with Crippen molar-refractivity contribution in [2.45, 2.75) is 37.1 Å². The van der Waals surface area contributed by atoms with Crippen molar-refractivity contribution in [2.75, 3.05) is 5.32 Å². The lowest BCUT2D eigenvalue weighted by molar-refractivity contribution is 0.445. The molecule has 1 fully saturated rings. The molecule has 1 aliphatic carbocycles. The highest BCUT2D eigenvalue weighted by atomic mass is 32.2. The highest BCUT2D eigenvalue weighted by Gasteiger charge is 2.19. The van der Waals surface area contributed by atoms with Gasteiger partial charge in [-0.1, -0.05) is 6.07 Å². The number of nitrogens with two attached hydrogens (primary N) is 1. The van der Waals surface area contributed by atoms with E-state index in [-0.39, 0.29) is 4.90 Å². The van der Waals surface area contributed by atoms with Crippen molar-refractivity contribution < 1.29 is 8.42 Å². The van der Waals surface area contributed by atoms with Gasteiger partial charge in [0.05, 0.1) is 4.90 Å². The summed E-state index contributed by atoms with van der Waals surface area (Å²) in [4.78, 5) is 0.205. The van der Waals surface area contributed by atoms with E-state index in [0.29, 0.717) is 11.6 Å². The van der Waals surface area contributed by atoms with Crippen LogP contribution in [0.4, 0.5) is 5.69 Å². The molecule has 0 saturated heterocycles. The van der Waals surface area contributed by atoms with Crippen LogP contribution in [0.3, 0.4) is 0 Å². The maximum Gasteiger partial charge on any atom is 0.238 e. The Balaban J connectivity index is 2.32. The van der Waals surface area contributed by atoms with Gasteiger partial charge in [0.2, 0.25) is 10.0 Å². The Morgan fingerprint density at radius 2 is 2.06 bits per heavy atom. The Labute approximate surface area is 95.9 Å². The second-order valence-electron chi connectivity index (χ2n) is 4.25. The summed E-state index contributed by atoms with van der Waals surface area (Å²) in [5, 5.41) is 8.49. The zero-order valence-electron chi connectivity index (χ0n) is 9.23. The molecule has 0 unspecified atom stereocenters. The Kier molecular flexibility index (Phi) is 2.90. The van der Waals surface area contributed by atoms with Crippen LogP contribution in [0.25, 0.3) is 0 Å². The van der Waals surface area contributed by atoms with Gasteiger partial charge in [-0.3, -0.25) is 0 Å². The molecular weight excluding hydrogens is 224 g/mol. The number of benzene rings is 1.